The van der Waals surface area contributed by atoms with Gasteiger partial charge in [0.05, 0.1) is 10.4 Å². The largest absolute Gasteiger partial charge is 0.388 e. The molecule has 90 valence electrons. The highest BCUT2D eigenvalue weighted by atomic mass is 79.9. The van der Waals surface area contributed by atoms with Gasteiger partial charge < -0.3 is 5.11 Å². The summed E-state index contributed by atoms with van der Waals surface area (Å²) >= 11 is 10.4. The lowest BCUT2D eigenvalue weighted by Crippen LogP contribution is -2.01. The Morgan fingerprint density at radius 3 is 2.71 bits per heavy atom. The average molecular weight is 336 g/mol. The highest BCUT2D eigenvalue weighted by Crippen LogP contribution is 2.28. The third-order valence-corrected chi connectivity index (χ3v) is 4.00. The van der Waals surface area contributed by atoms with E-state index in [2.05, 4.69) is 15.9 Å². The highest BCUT2D eigenvalue weighted by molar-refractivity contribution is 9.10. The number of hydrogen-bond acceptors (Lipinski definition) is 2. The van der Waals surface area contributed by atoms with Crippen molar-refractivity contribution in [3.8, 4) is 0 Å². The highest BCUT2D eigenvalue weighted by Gasteiger charge is 2.12. The fraction of sp³-hybridized carbons (Fsp3) is 0.167. The molecule has 0 saturated carbocycles. The molecule has 1 unspecified atom stereocenters. The van der Waals surface area contributed by atoms with Gasteiger partial charge >= 0.3 is 0 Å². The molecular weight excluding hydrogens is 327 g/mol. The van der Waals surface area contributed by atoms with Gasteiger partial charge in [-0.25, -0.2) is 4.39 Å². The predicted molar refractivity (Wildman–Crippen MR) is 72.1 cm³/mol. The number of rotatable bonds is 3. The van der Waals surface area contributed by atoms with Crippen molar-refractivity contribution in [2.45, 2.75) is 12.5 Å². The van der Waals surface area contributed by atoms with Crippen molar-refractivity contribution >= 4 is 38.9 Å². The number of hydrogen-bond donors (Lipinski definition) is 1. The molecule has 0 bridgehead atoms. The minimum Gasteiger partial charge on any atom is -0.388 e. The number of aliphatic hydroxyl groups excluding tert-OH is 1. The van der Waals surface area contributed by atoms with Crippen molar-refractivity contribution < 1.29 is 9.50 Å². The molecule has 0 aliphatic heterocycles. The molecule has 0 saturated heterocycles. The van der Waals surface area contributed by atoms with E-state index >= 15 is 0 Å². The third kappa shape index (κ3) is 3.52. The Morgan fingerprint density at radius 1 is 1.35 bits per heavy atom. The van der Waals surface area contributed by atoms with Gasteiger partial charge in [-0.2, -0.15) is 0 Å². The van der Waals surface area contributed by atoms with Gasteiger partial charge in [0, 0.05) is 15.8 Å². The summed E-state index contributed by atoms with van der Waals surface area (Å²) in [4.78, 5) is 0.975. The lowest BCUT2D eigenvalue weighted by Gasteiger charge is -2.10. The molecule has 2 rings (SSSR count). The summed E-state index contributed by atoms with van der Waals surface area (Å²) in [5.74, 6) is -0.363. The normalized spacial score (nSPS) is 12.7. The second-order valence-electron chi connectivity index (χ2n) is 3.63. The maximum Gasteiger partial charge on any atom is 0.124 e. The lowest BCUT2D eigenvalue weighted by molar-refractivity contribution is 0.179. The van der Waals surface area contributed by atoms with E-state index in [9.17, 15) is 9.50 Å². The van der Waals surface area contributed by atoms with E-state index in [0.29, 0.717) is 20.8 Å². The Kier molecular flexibility index (Phi) is 4.20. The van der Waals surface area contributed by atoms with Crippen molar-refractivity contribution in [2.75, 3.05) is 0 Å². The quantitative estimate of drug-likeness (QED) is 0.870. The molecule has 1 aromatic carbocycles. The second kappa shape index (κ2) is 5.48. The Morgan fingerprint density at radius 2 is 2.12 bits per heavy atom. The fourth-order valence-electron chi connectivity index (χ4n) is 1.54. The van der Waals surface area contributed by atoms with Crippen LogP contribution in [0.2, 0.25) is 4.34 Å². The number of thiophene rings is 1. The fourth-order valence-corrected chi connectivity index (χ4v) is 3.14. The van der Waals surface area contributed by atoms with Crippen LogP contribution in [0.5, 0.6) is 0 Å². The number of benzene rings is 1. The van der Waals surface area contributed by atoms with E-state index < -0.39 is 6.10 Å². The van der Waals surface area contributed by atoms with Crippen molar-refractivity contribution in [2.24, 2.45) is 0 Å². The van der Waals surface area contributed by atoms with Crippen LogP contribution in [0.3, 0.4) is 0 Å². The summed E-state index contributed by atoms with van der Waals surface area (Å²) in [5.41, 5.74) is 0.557. The Hall–Kier alpha value is -0.420. The molecule has 1 heterocycles. The molecule has 0 amide bonds. The molecule has 17 heavy (non-hydrogen) atoms. The van der Waals surface area contributed by atoms with Crippen molar-refractivity contribution in [3.63, 3.8) is 0 Å². The molecule has 2 aromatic rings. The zero-order valence-corrected chi connectivity index (χ0v) is 11.8. The van der Waals surface area contributed by atoms with Gasteiger partial charge in [-0.15, -0.1) is 11.3 Å². The maximum atomic E-state index is 13.2. The van der Waals surface area contributed by atoms with Gasteiger partial charge in [-0.1, -0.05) is 27.5 Å². The molecule has 0 radical (unpaired) electrons. The summed E-state index contributed by atoms with van der Waals surface area (Å²) in [6.45, 7) is 0. The van der Waals surface area contributed by atoms with Gasteiger partial charge in [0.25, 0.3) is 0 Å². The topological polar surface area (TPSA) is 20.2 Å². The van der Waals surface area contributed by atoms with Crippen LogP contribution in [0, 0.1) is 5.82 Å². The molecule has 1 atom stereocenters. The Balaban J connectivity index is 2.16. The van der Waals surface area contributed by atoms with Gasteiger partial charge in [-0.3, -0.25) is 0 Å². The molecule has 0 spiro atoms. The van der Waals surface area contributed by atoms with Gasteiger partial charge in [-0.05, 0) is 35.9 Å². The van der Waals surface area contributed by atoms with Crippen LogP contribution in [0.15, 0.2) is 34.8 Å². The first kappa shape index (κ1) is 13.0. The third-order valence-electron chi connectivity index (χ3n) is 2.29. The summed E-state index contributed by atoms with van der Waals surface area (Å²) in [6.07, 6.45) is -0.287. The van der Waals surface area contributed by atoms with Gasteiger partial charge in [0.15, 0.2) is 0 Å². The van der Waals surface area contributed by atoms with E-state index in [-0.39, 0.29) is 5.82 Å². The van der Waals surface area contributed by atoms with Crippen LogP contribution in [0.4, 0.5) is 4.39 Å². The van der Waals surface area contributed by atoms with Crippen LogP contribution in [0.1, 0.15) is 16.5 Å². The molecule has 5 heteroatoms. The molecule has 1 N–H and O–H groups in total. The minimum absolute atomic E-state index is 0.363. The first-order chi connectivity index (χ1) is 8.04. The molecule has 1 aromatic heterocycles. The Bertz CT molecular complexity index is 509. The zero-order chi connectivity index (χ0) is 12.4. The molecule has 1 nitrogen and oxygen atoms in total. The van der Waals surface area contributed by atoms with E-state index in [0.717, 1.165) is 4.88 Å². The SMILES string of the molecule is OC(Cc1ccc(Cl)s1)c1cc(F)cc(Br)c1. The molecule has 0 fully saturated rings. The van der Waals surface area contributed by atoms with E-state index in [1.54, 1.807) is 12.1 Å². The summed E-state index contributed by atoms with van der Waals surface area (Å²) in [5, 5.41) is 10.0. The van der Waals surface area contributed by atoms with Crippen LogP contribution >= 0.6 is 38.9 Å². The van der Waals surface area contributed by atoms with Crippen LogP contribution in [-0.2, 0) is 6.42 Å². The van der Waals surface area contributed by atoms with Gasteiger partial charge in [0.2, 0.25) is 0 Å². The summed E-state index contributed by atoms with van der Waals surface area (Å²) in [6, 6.07) is 8.06. The molecular formula is C12H9BrClFOS. The molecule has 0 aliphatic carbocycles. The monoisotopic (exact) mass is 334 g/mol. The second-order valence-corrected chi connectivity index (χ2v) is 6.34. The van der Waals surface area contributed by atoms with Crippen molar-refractivity contribution in [1.82, 2.24) is 0 Å². The maximum absolute atomic E-state index is 13.2. The van der Waals surface area contributed by atoms with Crippen molar-refractivity contribution in [3.05, 3.63) is 55.4 Å². The van der Waals surface area contributed by atoms with E-state index in [1.807, 2.05) is 6.07 Å². The zero-order valence-electron chi connectivity index (χ0n) is 8.66. The average Bonchev–Trinajstić information content (AvgIpc) is 2.62. The van der Waals surface area contributed by atoms with E-state index in [1.165, 1.54) is 23.5 Å². The standard InChI is InChI=1S/C12H9BrClFOS/c13-8-3-7(4-9(15)5-8)11(16)6-10-1-2-12(14)17-10/h1-5,11,16H,6H2. The van der Waals surface area contributed by atoms with E-state index in [4.69, 9.17) is 11.6 Å². The Labute approximate surface area is 116 Å². The van der Waals surface area contributed by atoms with Crippen molar-refractivity contribution in [1.29, 1.82) is 0 Å². The van der Waals surface area contributed by atoms with Crippen LogP contribution in [0.25, 0.3) is 0 Å². The number of aliphatic hydroxyl groups is 1. The summed E-state index contributed by atoms with van der Waals surface area (Å²) < 4.78 is 14.5. The first-order valence-corrected chi connectivity index (χ1v) is 6.91. The lowest BCUT2D eigenvalue weighted by atomic mass is 10.1. The first-order valence-electron chi connectivity index (χ1n) is 4.93. The van der Waals surface area contributed by atoms with Crippen LogP contribution in [-0.4, -0.2) is 5.11 Å². The minimum atomic E-state index is -0.725. The predicted octanol–water partition coefficient (Wildman–Crippen LogP) is 4.58. The van der Waals surface area contributed by atoms with Crippen LogP contribution < -0.4 is 0 Å². The summed E-state index contributed by atoms with van der Waals surface area (Å²) in [7, 11) is 0. The van der Waals surface area contributed by atoms with Gasteiger partial charge in [0.1, 0.15) is 5.82 Å². The molecule has 0 aliphatic rings. The smallest absolute Gasteiger partial charge is 0.124 e. The number of halogens is 3.